The second-order valence-electron chi connectivity index (χ2n) is 2.69. The highest BCUT2D eigenvalue weighted by molar-refractivity contribution is 5.51. The van der Waals surface area contributed by atoms with Crippen molar-refractivity contribution < 1.29 is 0 Å². The summed E-state index contributed by atoms with van der Waals surface area (Å²) in [5, 5.41) is 8.72. The molecule has 0 unspecified atom stereocenters. The van der Waals surface area contributed by atoms with Crippen LogP contribution < -0.4 is 5.73 Å². The molecular formula is C9H7N5. The molecule has 0 saturated heterocycles. The Morgan fingerprint density at radius 3 is 2.93 bits per heavy atom. The van der Waals surface area contributed by atoms with Crippen LogP contribution >= 0.6 is 0 Å². The molecule has 0 aliphatic heterocycles. The van der Waals surface area contributed by atoms with Gasteiger partial charge in [0.1, 0.15) is 18.2 Å². The van der Waals surface area contributed by atoms with Crippen LogP contribution in [0.4, 0.5) is 5.69 Å². The van der Waals surface area contributed by atoms with Crippen molar-refractivity contribution in [2.24, 2.45) is 0 Å². The van der Waals surface area contributed by atoms with Gasteiger partial charge in [-0.1, -0.05) is 0 Å². The molecule has 0 saturated carbocycles. The van der Waals surface area contributed by atoms with Crippen molar-refractivity contribution in [3.05, 3.63) is 36.5 Å². The van der Waals surface area contributed by atoms with Crippen LogP contribution in [0.25, 0.3) is 5.82 Å². The summed E-state index contributed by atoms with van der Waals surface area (Å²) in [5.41, 5.74) is 6.16. The number of hydrogen-bond donors (Lipinski definition) is 1. The predicted octanol–water partition coefficient (Wildman–Crippen LogP) is 0.721. The lowest BCUT2D eigenvalue weighted by Gasteiger charge is -2.02. The van der Waals surface area contributed by atoms with Gasteiger partial charge in [0.25, 0.3) is 0 Å². The molecule has 0 radical (unpaired) electrons. The number of pyridine rings is 1. The lowest BCUT2D eigenvalue weighted by Crippen LogP contribution is -1.99. The number of nitriles is 1. The summed E-state index contributed by atoms with van der Waals surface area (Å²) >= 11 is 0. The van der Waals surface area contributed by atoms with Crippen LogP contribution in [0.3, 0.4) is 0 Å². The minimum Gasteiger partial charge on any atom is -0.396 e. The van der Waals surface area contributed by atoms with E-state index in [1.807, 2.05) is 6.07 Å². The predicted molar refractivity (Wildman–Crippen MR) is 50.5 cm³/mol. The minimum atomic E-state index is 0.233. The fourth-order valence-corrected chi connectivity index (χ4v) is 1.09. The van der Waals surface area contributed by atoms with E-state index >= 15 is 0 Å². The quantitative estimate of drug-likeness (QED) is 0.709. The lowest BCUT2D eigenvalue weighted by atomic mass is 10.3. The molecule has 0 atom stereocenters. The molecule has 0 amide bonds. The molecule has 68 valence electrons. The van der Waals surface area contributed by atoms with Gasteiger partial charge in [-0.05, 0) is 12.1 Å². The third-order valence-corrected chi connectivity index (χ3v) is 1.79. The van der Waals surface area contributed by atoms with E-state index in [9.17, 15) is 0 Å². The largest absolute Gasteiger partial charge is 0.396 e. The van der Waals surface area contributed by atoms with Gasteiger partial charge in [0.15, 0.2) is 5.69 Å². The van der Waals surface area contributed by atoms with Crippen LogP contribution in [0.5, 0.6) is 0 Å². The SMILES string of the molecule is N#Cc1nc(-n2ccnc2)ccc1N. The minimum absolute atomic E-state index is 0.233. The summed E-state index contributed by atoms with van der Waals surface area (Å²) in [6.45, 7) is 0. The topological polar surface area (TPSA) is 80.5 Å². The number of rotatable bonds is 1. The normalized spacial score (nSPS) is 9.64. The monoisotopic (exact) mass is 185 g/mol. The van der Waals surface area contributed by atoms with E-state index in [2.05, 4.69) is 9.97 Å². The molecule has 0 aliphatic carbocycles. The third-order valence-electron chi connectivity index (χ3n) is 1.79. The summed E-state index contributed by atoms with van der Waals surface area (Å²) in [7, 11) is 0. The van der Waals surface area contributed by atoms with E-state index < -0.39 is 0 Å². The fourth-order valence-electron chi connectivity index (χ4n) is 1.09. The Bertz CT molecular complexity index is 480. The number of anilines is 1. The van der Waals surface area contributed by atoms with E-state index in [0.29, 0.717) is 11.5 Å². The molecule has 0 fully saturated rings. The van der Waals surface area contributed by atoms with E-state index in [-0.39, 0.29) is 5.69 Å². The highest BCUT2D eigenvalue weighted by Crippen LogP contribution is 2.11. The molecule has 2 rings (SSSR count). The number of nitrogens with two attached hydrogens (primary N) is 1. The molecule has 14 heavy (non-hydrogen) atoms. The van der Waals surface area contributed by atoms with Crippen LogP contribution in [0.2, 0.25) is 0 Å². The van der Waals surface area contributed by atoms with Crippen LogP contribution in [0, 0.1) is 11.3 Å². The van der Waals surface area contributed by atoms with E-state index in [1.165, 1.54) is 0 Å². The first-order chi connectivity index (χ1) is 6.81. The Balaban J connectivity index is 2.53. The highest BCUT2D eigenvalue weighted by atomic mass is 15.1. The summed E-state index contributed by atoms with van der Waals surface area (Å²) in [5.74, 6) is 0.633. The van der Waals surface area contributed by atoms with Gasteiger partial charge in [-0.3, -0.25) is 4.57 Å². The molecule has 5 heteroatoms. The Hall–Kier alpha value is -2.35. The molecule has 0 spiro atoms. The second-order valence-corrected chi connectivity index (χ2v) is 2.69. The number of hydrogen-bond acceptors (Lipinski definition) is 4. The van der Waals surface area contributed by atoms with Gasteiger partial charge in [0.05, 0.1) is 5.69 Å². The standard InChI is InChI=1S/C9H7N5/c10-5-8-7(11)1-2-9(13-8)14-4-3-12-6-14/h1-4,6H,11H2. The molecule has 2 aromatic heterocycles. The van der Waals surface area contributed by atoms with E-state index in [0.717, 1.165) is 0 Å². The Labute approximate surface area is 80.4 Å². The fraction of sp³-hybridized carbons (Fsp3) is 0. The molecule has 5 nitrogen and oxygen atoms in total. The smallest absolute Gasteiger partial charge is 0.165 e. The van der Waals surface area contributed by atoms with Crippen molar-refractivity contribution in [1.82, 2.24) is 14.5 Å². The van der Waals surface area contributed by atoms with Gasteiger partial charge in [0.2, 0.25) is 0 Å². The van der Waals surface area contributed by atoms with Crippen molar-refractivity contribution in [2.75, 3.05) is 5.73 Å². The molecule has 0 aromatic carbocycles. The maximum atomic E-state index is 8.72. The second kappa shape index (κ2) is 3.18. The van der Waals surface area contributed by atoms with Gasteiger partial charge >= 0.3 is 0 Å². The zero-order valence-corrected chi connectivity index (χ0v) is 7.25. The zero-order chi connectivity index (χ0) is 9.97. The zero-order valence-electron chi connectivity index (χ0n) is 7.25. The highest BCUT2D eigenvalue weighted by Gasteiger charge is 2.02. The average molecular weight is 185 g/mol. The number of nitrogens with zero attached hydrogens (tertiary/aromatic N) is 4. The average Bonchev–Trinajstić information content (AvgIpc) is 2.71. The molecule has 2 aromatic rings. The van der Waals surface area contributed by atoms with Crippen LogP contribution in [-0.2, 0) is 0 Å². The summed E-state index contributed by atoms with van der Waals surface area (Å²) in [6, 6.07) is 5.32. The summed E-state index contributed by atoms with van der Waals surface area (Å²) in [6.07, 6.45) is 5.00. The van der Waals surface area contributed by atoms with E-state index in [4.69, 9.17) is 11.0 Å². The first-order valence-corrected chi connectivity index (χ1v) is 3.96. The third kappa shape index (κ3) is 1.29. The maximum Gasteiger partial charge on any atom is 0.165 e. The van der Waals surface area contributed by atoms with Crippen molar-refractivity contribution in [3.63, 3.8) is 0 Å². The first kappa shape index (κ1) is 8.26. The van der Waals surface area contributed by atoms with Crippen molar-refractivity contribution >= 4 is 5.69 Å². The molecule has 0 aliphatic rings. The van der Waals surface area contributed by atoms with Crippen LogP contribution in [0.15, 0.2) is 30.9 Å². The molecule has 2 N–H and O–H groups in total. The van der Waals surface area contributed by atoms with Crippen LogP contribution in [-0.4, -0.2) is 14.5 Å². The Morgan fingerprint density at radius 1 is 1.43 bits per heavy atom. The Morgan fingerprint density at radius 2 is 2.29 bits per heavy atom. The van der Waals surface area contributed by atoms with Crippen molar-refractivity contribution in [1.29, 1.82) is 5.26 Å². The lowest BCUT2D eigenvalue weighted by molar-refractivity contribution is 0.988. The molecular weight excluding hydrogens is 178 g/mol. The van der Waals surface area contributed by atoms with Crippen LogP contribution in [0.1, 0.15) is 5.69 Å². The Kier molecular flexibility index (Phi) is 1.88. The van der Waals surface area contributed by atoms with Crippen molar-refractivity contribution in [3.8, 4) is 11.9 Å². The summed E-state index contributed by atoms with van der Waals surface area (Å²) in [4.78, 5) is 7.96. The van der Waals surface area contributed by atoms with Gasteiger partial charge < -0.3 is 5.73 Å². The summed E-state index contributed by atoms with van der Waals surface area (Å²) < 4.78 is 1.71. The maximum absolute atomic E-state index is 8.72. The van der Waals surface area contributed by atoms with Gasteiger partial charge in [0, 0.05) is 12.4 Å². The first-order valence-electron chi connectivity index (χ1n) is 3.96. The van der Waals surface area contributed by atoms with Gasteiger partial charge in [-0.2, -0.15) is 5.26 Å². The number of nitrogen functional groups attached to an aromatic ring is 1. The number of aromatic nitrogens is 3. The van der Waals surface area contributed by atoms with Gasteiger partial charge in [-0.25, -0.2) is 9.97 Å². The van der Waals surface area contributed by atoms with Gasteiger partial charge in [-0.15, -0.1) is 0 Å². The number of imidazole rings is 1. The molecule has 2 heterocycles. The molecule has 0 bridgehead atoms. The van der Waals surface area contributed by atoms with E-state index in [1.54, 1.807) is 35.4 Å². The van der Waals surface area contributed by atoms with Crippen molar-refractivity contribution in [2.45, 2.75) is 0 Å².